The molecule has 0 unspecified atom stereocenters. The first-order valence-electron chi connectivity index (χ1n) is 5.71. The summed E-state index contributed by atoms with van der Waals surface area (Å²) in [6, 6.07) is 5.87. The van der Waals surface area contributed by atoms with Gasteiger partial charge in [-0.1, -0.05) is 26.0 Å². The van der Waals surface area contributed by atoms with Crippen LogP contribution in [0.3, 0.4) is 0 Å². The van der Waals surface area contributed by atoms with Crippen LogP contribution in [-0.2, 0) is 11.4 Å². The van der Waals surface area contributed by atoms with Crippen molar-refractivity contribution in [2.75, 3.05) is 18.9 Å². The molecule has 0 amide bonds. The van der Waals surface area contributed by atoms with Gasteiger partial charge in [0, 0.05) is 19.3 Å². The standard InChI is InChI=1S/C9H13NO.C2H5NO.C2H6/c1-7-5-8(6-11)3-4-9(7)10-2;3-1-2-4;1-2/h3-5,10-11H,6H2,1-2H3;2H,1,3H2;1-2H3. The van der Waals surface area contributed by atoms with E-state index in [0.29, 0.717) is 6.29 Å². The molecule has 98 valence electrons. The van der Waals surface area contributed by atoms with Gasteiger partial charge in [0.2, 0.25) is 0 Å². The number of nitrogens with two attached hydrogens (primary N) is 1. The summed E-state index contributed by atoms with van der Waals surface area (Å²) in [5.41, 5.74) is 7.90. The first-order valence-corrected chi connectivity index (χ1v) is 5.71. The minimum Gasteiger partial charge on any atom is -0.392 e. The van der Waals surface area contributed by atoms with E-state index in [0.717, 1.165) is 11.3 Å². The SMILES string of the molecule is CC.CNc1ccc(CO)cc1C.NCC=O. The maximum absolute atomic E-state index is 9.05. The van der Waals surface area contributed by atoms with Crippen LogP contribution in [0.25, 0.3) is 0 Å². The van der Waals surface area contributed by atoms with Gasteiger partial charge in [-0.2, -0.15) is 0 Å². The summed E-state index contributed by atoms with van der Waals surface area (Å²) in [6.45, 7) is 6.27. The van der Waals surface area contributed by atoms with E-state index < -0.39 is 0 Å². The van der Waals surface area contributed by atoms with E-state index in [4.69, 9.17) is 9.90 Å². The van der Waals surface area contributed by atoms with Crippen molar-refractivity contribution in [1.82, 2.24) is 0 Å². The Hall–Kier alpha value is -1.39. The van der Waals surface area contributed by atoms with Gasteiger partial charge < -0.3 is 21.0 Å². The number of rotatable bonds is 3. The molecule has 0 saturated carbocycles. The van der Waals surface area contributed by atoms with Crippen LogP contribution in [0.2, 0.25) is 0 Å². The molecule has 0 spiro atoms. The molecular weight excluding hydrogens is 216 g/mol. The first-order chi connectivity index (χ1) is 8.19. The van der Waals surface area contributed by atoms with Crippen molar-refractivity contribution in [2.45, 2.75) is 27.4 Å². The third kappa shape index (κ3) is 8.42. The highest BCUT2D eigenvalue weighted by atomic mass is 16.3. The van der Waals surface area contributed by atoms with Crippen molar-refractivity contribution in [3.63, 3.8) is 0 Å². The van der Waals surface area contributed by atoms with Crippen molar-refractivity contribution >= 4 is 12.0 Å². The molecule has 0 aliphatic rings. The van der Waals surface area contributed by atoms with E-state index in [2.05, 4.69) is 11.1 Å². The summed E-state index contributed by atoms with van der Waals surface area (Å²) in [7, 11) is 1.89. The highest BCUT2D eigenvalue weighted by Gasteiger charge is 1.95. The van der Waals surface area contributed by atoms with Crippen molar-refractivity contribution in [2.24, 2.45) is 5.73 Å². The molecule has 1 aromatic rings. The molecule has 4 nitrogen and oxygen atoms in total. The highest BCUT2D eigenvalue weighted by molar-refractivity contribution is 5.51. The van der Waals surface area contributed by atoms with Crippen molar-refractivity contribution in [3.05, 3.63) is 29.3 Å². The second kappa shape index (κ2) is 12.7. The molecule has 1 rings (SSSR count). The third-order valence-electron chi connectivity index (χ3n) is 1.84. The molecule has 0 fully saturated rings. The summed E-state index contributed by atoms with van der Waals surface area (Å²) in [6.07, 6.45) is 0.653. The summed E-state index contributed by atoms with van der Waals surface area (Å²) in [5, 5.41) is 11.9. The van der Waals surface area contributed by atoms with Crippen LogP contribution in [0.15, 0.2) is 18.2 Å². The van der Waals surface area contributed by atoms with E-state index in [1.165, 1.54) is 5.56 Å². The topological polar surface area (TPSA) is 75.3 Å². The number of nitrogens with one attached hydrogen (secondary N) is 1. The van der Waals surface area contributed by atoms with Crippen LogP contribution in [0.1, 0.15) is 25.0 Å². The smallest absolute Gasteiger partial charge is 0.133 e. The van der Waals surface area contributed by atoms with E-state index >= 15 is 0 Å². The second-order valence-corrected chi connectivity index (χ2v) is 2.96. The monoisotopic (exact) mass is 240 g/mol. The Morgan fingerprint density at radius 2 is 1.94 bits per heavy atom. The average molecular weight is 240 g/mol. The Kier molecular flexibility index (Phi) is 13.4. The predicted octanol–water partition coefficient (Wildman–Crippen LogP) is 1.70. The molecule has 0 saturated heterocycles. The van der Waals surface area contributed by atoms with Gasteiger partial charge in [-0.25, -0.2) is 0 Å². The molecular formula is C13H24N2O2. The Bertz CT molecular complexity index is 301. The van der Waals surface area contributed by atoms with Gasteiger partial charge in [0.15, 0.2) is 0 Å². The summed E-state index contributed by atoms with van der Waals surface area (Å²) in [4.78, 5) is 9.05. The molecule has 0 atom stereocenters. The summed E-state index contributed by atoms with van der Waals surface area (Å²) in [5.74, 6) is 0. The number of benzene rings is 1. The Labute approximate surface area is 104 Å². The molecule has 4 heteroatoms. The van der Waals surface area contributed by atoms with Crippen LogP contribution in [0, 0.1) is 6.92 Å². The fourth-order valence-electron chi connectivity index (χ4n) is 1.10. The van der Waals surface area contributed by atoms with E-state index in [1.807, 2.05) is 46.0 Å². The number of aliphatic hydroxyl groups is 1. The van der Waals surface area contributed by atoms with E-state index in [9.17, 15) is 0 Å². The zero-order valence-corrected chi connectivity index (χ0v) is 11.2. The molecule has 0 aliphatic carbocycles. The van der Waals surface area contributed by atoms with Gasteiger partial charge in [0.25, 0.3) is 0 Å². The van der Waals surface area contributed by atoms with Crippen LogP contribution in [0.4, 0.5) is 5.69 Å². The second-order valence-electron chi connectivity index (χ2n) is 2.96. The zero-order valence-electron chi connectivity index (χ0n) is 11.2. The molecule has 1 aromatic carbocycles. The summed E-state index contributed by atoms with van der Waals surface area (Å²) >= 11 is 0. The van der Waals surface area contributed by atoms with Gasteiger partial charge >= 0.3 is 0 Å². The van der Waals surface area contributed by atoms with Gasteiger partial charge in [-0.05, 0) is 24.1 Å². The molecule has 0 aromatic heterocycles. The van der Waals surface area contributed by atoms with E-state index in [-0.39, 0.29) is 13.2 Å². The number of carbonyl (C=O) groups excluding carboxylic acids is 1. The number of aryl methyl sites for hydroxylation is 1. The predicted molar refractivity (Wildman–Crippen MR) is 73.1 cm³/mol. The van der Waals surface area contributed by atoms with Gasteiger partial charge in [0.05, 0.1) is 6.61 Å². The minimum absolute atomic E-state index is 0.116. The zero-order chi connectivity index (χ0) is 13.7. The number of hydrogen-bond donors (Lipinski definition) is 3. The number of aliphatic hydroxyl groups excluding tert-OH is 1. The largest absolute Gasteiger partial charge is 0.392 e. The lowest BCUT2D eigenvalue weighted by Crippen LogP contribution is -1.97. The van der Waals surface area contributed by atoms with Gasteiger partial charge in [-0.3, -0.25) is 0 Å². The van der Waals surface area contributed by atoms with Gasteiger partial charge in [0.1, 0.15) is 6.29 Å². The Morgan fingerprint density at radius 3 is 2.24 bits per heavy atom. The molecule has 0 heterocycles. The summed E-state index contributed by atoms with van der Waals surface area (Å²) < 4.78 is 0. The molecule has 17 heavy (non-hydrogen) atoms. The van der Waals surface area contributed by atoms with Crippen molar-refractivity contribution in [1.29, 1.82) is 0 Å². The average Bonchev–Trinajstić information content (AvgIpc) is 2.41. The van der Waals surface area contributed by atoms with Crippen LogP contribution in [0.5, 0.6) is 0 Å². The normalized spacial score (nSPS) is 8.12. The maximum Gasteiger partial charge on any atom is 0.133 e. The fourth-order valence-corrected chi connectivity index (χ4v) is 1.10. The fraction of sp³-hybridized carbons (Fsp3) is 0.462. The number of hydrogen-bond acceptors (Lipinski definition) is 4. The minimum atomic E-state index is 0.116. The number of carbonyl (C=O) groups is 1. The van der Waals surface area contributed by atoms with Crippen LogP contribution >= 0.6 is 0 Å². The van der Waals surface area contributed by atoms with Gasteiger partial charge in [-0.15, -0.1) is 0 Å². The van der Waals surface area contributed by atoms with E-state index in [1.54, 1.807) is 0 Å². The molecule has 0 bridgehead atoms. The molecule has 4 N–H and O–H groups in total. The number of anilines is 1. The lowest BCUT2D eigenvalue weighted by molar-refractivity contribution is -0.106. The van der Waals surface area contributed by atoms with Crippen LogP contribution < -0.4 is 11.1 Å². The third-order valence-corrected chi connectivity index (χ3v) is 1.84. The lowest BCUT2D eigenvalue weighted by atomic mass is 10.1. The Morgan fingerprint density at radius 1 is 1.41 bits per heavy atom. The number of aldehydes is 1. The molecule has 0 radical (unpaired) electrons. The maximum atomic E-state index is 9.05. The molecule has 0 aliphatic heterocycles. The highest BCUT2D eigenvalue weighted by Crippen LogP contribution is 2.15. The lowest BCUT2D eigenvalue weighted by Gasteiger charge is -2.05. The quantitative estimate of drug-likeness (QED) is 0.703. The van der Waals surface area contributed by atoms with Crippen molar-refractivity contribution in [3.8, 4) is 0 Å². The Balaban J connectivity index is 0. The van der Waals surface area contributed by atoms with Crippen LogP contribution in [-0.4, -0.2) is 25.0 Å². The van der Waals surface area contributed by atoms with Crippen molar-refractivity contribution < 1.29 is 9.90 Å². The first kappa shape index (κ1) is 18.0.